The van der Waals surface area contributed by atoms with Gasteiger partial charge in [0.05, 0.1) is 21.3 Å². The average Bonchev–Trinajstić information content (AvgIpc) is 2.74. The molecule has 0 bridgehead atoms. The molecule has 3 aromatic rings. The first-order chi connectivity index (χ1) is 13.6. The van der Waals surface area contributed by atoms with Gasteiger partial charge < -0.3 is 19.5 Å². The monoisotopic (exact) mass is 380 g/mol. The lowest BCUT2D eigenvalue weighted by Gasteiger charge is -2.16. The Morgan fingerprint density at radius 3 is 2.25 bits per heavy atom. The first-order valence-corrected chi connectivity index (χ1v) is 8.85. The molecule has 1 aromatic carbocycles. The highest BCUT2D eigenvalue weighted by Gasteiger charge is 2.14. The molecule has 2 aromatic heterocycles. The van der Waals surface area contributed by atoms with Gasteiger partial charge >= 0.3 is 0 Å². The maximum atomic E-state index is 5.43. The Morgan fingerprint density at radius 2 is 1.68 bits per heavy atom. The number of anilines is 1. The van der Waals surface area contributed by atoms with Crippen LogP contribution < -0.4 is 19.5 Å². The highest BCUT2D eigenvalue weighted by Crippen LogP contribution is 2.38. The maximum absolute atomic E-state index is 5.43. The Labute approximate surface area is 164 Å². The van der Waals surface area contributed by atoms with Crippen molar-refractivity contribution in [2.24, 2.45) is 0 Å². The summed E-state index contributed by atoms with van der Waals surface area (Å²) in [6.45, 7) is 4.52. The minimum Gasteiger partial charge on any atom is -0.493 e. The molecule has 146 valence electrons. The van der Waals surface area contributed by atoms with Crippen LogP contribution in [0.2, 0.25) is 0 Å². The molecule has 0 spiro atoms. The molecule has 2 heterocycles. The average molecular weight is 380 g/mol. The summed E-state index contributed by atoms with van der Waals surface area (Å²) < 4.78 is 16.2. The SMILES string of the molecule is COc1cc(CNc2nc(-c3cccnc3)nc(C)c2C)cc(OC)c1OC. The second-order valence-electron chi connectivity index (χ2n) is 6.24. The molecule has 0 aliphatic heterocycles. The molecule has 28 heavy (non-hydrogen) atoms. The quantitative estimate of drug-likeness (QED) is 0.668. The van der Waals surface area contributed by atoms with Crippen LogP contribution in [0.25, 0.3) is 11.4 Å². The van der Waals surface area contributed by atoms with Crippen molar-refractivity contribution in [3.8, 4) is 28.6 Å². The minimum absolute atomic E-state index is 0.542. The van der Waals surface area contributed by atoms with Crippen LogP contribution in [-0.2, 0) is 6.54 Å². The number of pyridine rings is 1. The summed E-state index contributed by atoms with van der Waals surface area (Å²) in [5, 5.41) is 3.40. The highest BCUT2D eigenvalue weighted by molar-refractivity contribution is 5.59. The minimum atomic E-state index is 0.542. The van der Waals surface area contributed by atoms with Crippen molar-refractivity contribution in [1.29, 1.82) is 0 Å². The molecule has 0 aliphatic rings. The summed E-state index contributed by atoms with van der Waals surface area (Å²) in [6.07, 6.45) is 3.49. The second-order valence-corrected chi connectivity index (χ2v) is 6.24. The fraction of sp³-hybridized carbons (Fsp3) is 0.286. The molecular weight excluding hydrogens is 356 g/mol. The van der Waals surface area contributed by atoms with Crippen LogP contribution in [0.3, 0.4) is 0 Å². The molecular formula is C21H24N4O3. The van der Waals surface area contributed by atoms with Crippen LogP contribution in [0.1, 0.15) is 16.8 Å². The molecule has 0 amide bonds. The van der Waals surface area contributed by atoms with Gasteiger partial charge in [-0.05, 0) is 43.7 Å². The standard InChI is InChI=1S/C21H24N4O3/c1-13-14(2)24-21(16-7-6-8-22-12-16)25-20(13)23-11-15-9-17(26-3)19(28-5)18(10-15)27-4/h6-10,12H,11H2,1-5H3,(H,23,24,25). The molecule has 0 saturated heterocycles. The van der Waals surface area contributed by atoms with Gasteiger partial charge in [0.15, 0.2) is 17.3 Å². The second kappa shape index (κ2) is 8.56. The zero-order valence-electron chi connectivity index (χ0n) is 16.7. The number of nitrogens with zero attached hydrogens (tertiary/aromatic N) is 3. The maximum Gasteiger partial charge on any atom is 0.203 e. The van der Waals surface area contributed by atoms with Gasteiger partial charge in [-0.15, -0.1) is 0 Å². The van der Waals surface area contributed by atoms with Gasteiger partial charge in [-0.2, -0.15) is 0 Å². The van der Waals surface area contributed by atoms with Crippen molar-refractivity contribution >= 4 is 5.82 Å². The fourth-order valence-corrected chi connectivity index (χ4v) is 2.85. The third-order valence-electron chi connectivity index (χ3n) is 4.49. The largest absolute Gasteiger partial charge is 0.493 e. The summed E-state index contributed by atoms with van der Waals surface area (Å²) in [7, 11) is 4.80. The van der Waals surface area contributed by atoms with Crippen molar-refractivity contribution in [3.63, 3.8) is 0 Å². The molecule has 7 heteroatoms. The number of aryl methyl sites for hydroxylation is 1. The predicted molar refractivity (Wildman–Crippen MR) is 108 cm³/mol. The van der Waals surface area contributed by atoms with E-state index >= 15 is 0 Å². The van der Waals surface area contributed by atoms with E-state index in [1.54, 1.807) is 33.7 Å². The van der Waals surface area contributed by atoms with Crippen LogP contribution in [0.5, 0.6) is 17.2 Å². The van der Waals surface area contributed by atoms with Gasteiger partial charge in [-0.25, -0.2) is 9.97 Å². The number of rotatable bonds is 7. The van der Waals surface area contributed by atoms with Gasteiger partial charge in [0, 0.05) is 35.8 Å². The van der Waals surface area contributed by atoms with Gasteiger partial charge in [0.2, 0.25) is 5.75 Å². The first kappa shape index (κ1) is 19.4. The summed E-state index contributed by atoms with van der Waals surface area (Å²) in [5.41, 5.74) is 3.77. The number of methoxy groups -OCH3 is 3. The van der Waals surface area contributed by atoms with E-state index in [1.165, 1.54) is 0 Å². The van der Waals surface area contributed by atoms with E-state index in [2.05, 4.69) is 20.3 Å². The summed E-state index contributed by atoms with van der Waals surface area (Å²) in [6, 6.07) is 7.65. The molecule has 0 radical (unpaired) electrons. The normalized spacial score (nSPS) is 10.5. The van der Waals surface area contributed by atoms with Crippen LogP contribution in [0, 0.1) is 13.8 Å². The number of ether oxygens (including phenoxy) is 3. The number of hydrogen-bond acceptors (Lipinski definition) is 7. The van der Waals surface area contributed by atoms with Crippen molar-refractivity contribution in [1.82, 2.24) is 15.0 Å². The Hall–Kier alpha value is -3.35. The summed E-state index contributed by atoms with van der Waals surface area (Å²) >= 11 is 0. The van der Waals surface area contributed by atoms with Crippen molar-refractivity contribution in [2.45, 2.75) is 20.4 Å². The molecule has 0 atom stereocenters. The smallest absolute Gasteiger partial charge is 0.203 e. The molecule has 0 fully saturated rings. The highest BCUT2D eigenvalue weighted by atomic mass is 16.5. The summed E-state index contributed by atoms with van der Waals surface area (Å²) in [5.74, 6) is 3.22. The van der Waals surface area contributed by atoms with Gasteiger partial charge in [-0.3, -0.25) is 4.98 Å². The zero-order chi connectivity index (χ0) is 20.1. The lowest BCUT2D eigenvalue weighted by atomic mass is 10.1. The van der Waals surface area contributed by atoms with Crippen LogP contribution in [-0.4, -0.2) is 36.3 Å². The van der Waals surface area contributed by atoms with Gasteiger partial charge in [0.1, 0.15) is 5.82 Å². The Morgan fingerprint density at radius 1 is 0.964 bits per heavy atom. The topological polar surface area (TPSA) is 78.4 Å². The van der Waals surface area contributed by atoms with Crippen LogP contribution in [0.15, 0.2) is 36.7 Å². The molecule has 3 rings (SSSR count). The van der Waals surface area contributed by atoms with Crippen molar-refractivity contribution in [2.75, 3.05) is 26.6 Å². The predicted octanol–water partition coefficient (Wildman–Crippen LogP) is 3.79. The first-order valence-electron chi connectivity index (χ1n) is 8.85. The lowest BCUT2D eigenvalue weighted by Crippen LogP contribution is -2.08. The summed E-state index contributed by atoms with van der Waals surface area (Å²) in [4.78, 5) is 13.4. The number of benzene rings is 1. The zero-order valence-corrected chi connectivity index (χ0v) is 16.7. The van der Waals surface area contributed by atoms with E-state index < -0.39 is 0 Å². The Balaban J connectivity index is 1.90. The number of nitrogens with one attached hydrogen (secondary N) is 1. The van der Waals surface area contributed by atoms with Crippen molar-refractivity contribution in [3.05, 3.63) is 53.5 Å². The lowest BCUT2D eigenvalue weighted by molar-refractivity contribution is 0.324. The van der Waals surface area contributed by atoms with Gasteiger partial charge in [-0.1, -0.05) is 0 Å². The molecule has 0 saturated carbocycles. The molecule has 0 aliphatic carbocycles. The molecule has 1 N–H and O–H groups in total. The number of hydrogen-bond donors (Lipinski definition) is 1. The molecule has 7 nitrogen and oxygen atoms in total. The fourth-order valence-electron chi connectivity index (χ4n) is 2.85. The Kier molecular flexibility index (Phi) is 5.93. The van der Waals surface area contributed by atoms with E-state index in [9.17, 15) is 0 Å². The third kappa shape index (κ3) is 3.98. The van der Waals surface area contributed by atoms with E-state index in [4.69, 9.17) is 14.2 Å². The third-order valence-corrected chi connectivity index (χ3v) is 4.49. The van der Waals surface area contributed by atoms with Crippen molar-refractivity contribution < 1.29 is 14.2 Å². The van der Waals surface area contributed by atoms with E-state index in [1.807, 2.05) is 38.1 Å². The Bertz CT molecular complexity index is 936. The molecule has 0 unspecified atom stereocenters. The van der Waals surface area contributed by atoms with Crippen LogP contribution in [0.4, 0.5) is 5.82 Å². The van der Waals surface area contributed by atoms with E-state index in [-0.39, 0.29) is 0 Å². The van der Waals surface area contributed by atoms with Crippen LogP contribution >= 0.6 is 0 Å². The van der Waals surface area contributed by atoms with E-state index in [0.29, 0.717) is 29.6 Å². The van der Waals surface area contributed by atoms with E-state index in [0.717, 1.165) is 28.2 Å². The van der Waals surface area contributed by atoms with Gasteiger partial charge in [0.25, 0.3) is 0 Å². The number of aromatic nitrogens is 3.